The second kappa shape index (κ2) is 13.1. The molecule has 1 amide bonds. The van der Waals surface area contributed by atoms with Crippen LogP contribution in [-0.2, 0) is 26.9 Å². The number of carbonyl (C=O) groups is 2. The molecule has 51 heavy (non-hydrogen) atoms. The lowest BCUT2D eigenvalue weighted by atomic mass is 9.75. The normalized spacial score (nSPS) is 22.4. The SMILES string of the molecule is Cn1ccc(-c2ccc([C@@]3(CC(C)(C)C)N=C(N)N([C@H](COC(=O)C[C@H]4CC4(C)F)c4ccc(Cl)c(-n5ncnc5C(F)F)c4)C3=O)cc2F)n1. The van der Waals surface area contributed by atoms with Crippen molar-refractivity contribution in [3.8, 4) is 16.9 Å². The number of aromatic nitrogens is 5. The van der Waals surface area contributed by atoms with Crippen LogP contribution in [0.25, 0.3) is 16.9 Å². The number of hydrogen-bond donors (Lipinski definition) is 1. The fourth-order valence-corrected chi connectivity index (χ4v) is 6.75. The molecule has 0 spiro atoms. The van der Waals surface area contributed by atoms with Gasteiger partial charge in [-0.25, -0.2) is 32.2 Å². The van der Waals surface area contributed by atoms with Crippen molar-refractivity contribution in [2.45, 2.75) is 70.6 Å². The zero-order valence-corrected chi connectivity index (χ0v) is 29.3. The van der Waals surface area contributed by atoms with Gasteiger partial charge in [-0.15, -0.1) is 0 Å². The molecule has 0 saturated heterocycles. The highest BCUT2D eigenvalue weighted by molar-refractivity contribution is 6.32. The molecule has 1 saturated carbocycles. The third-order valence-corrected chi connectivity index (χ3v) is 9.48. The molecule has 1 fully saturated rings. The van der Waals surface area contributed by atoms with Gasteiger partial charge < -0.3 is 10.5 Å². The largest absolute Gasteiger partial charge is 0.463 e. The number of guanidine groups is 1. The molecule has 1 aliphatic heterocycles. The van der Waals surface area contributed by atoms with E-state index in [-0.39, 0.29) is 52.6 Å². The van der Waals surface area contributed by atoms with E-state index in [1.165, 1.54) is 37.3 Å². The van der Waals surface area contributed by atoms with E-state index in [4.69, 9.17) is 27.1 Å². The van der Waals surface area contributed by atoms with Gasteiger partial charge in [0.25, 0.3) is 12.3 Å². The summed E-state index contributed by atoms with van der Waals surface area (Å²) in [5, 5.41) is 8.24. The van der Waals surface area contributed by atoms with Crippen LogP contribution in [0, 0.1) is 17.2 Å². The molecule has 4 atom stereocenters. The molecule has 1 unspecified atom stereocenters. The number of aliphatic imine (C=N–C) groups is 1. The second-order valence-electron chi connectivity index (χ2n) is 14.4. The van der Waals surface area contributed by atoms with Crippen LogP contribution in [0.2, 0.25) is 5.02 Å². The number of carbonyl (C=O) groups excluding carboxylic acids is 2. The van der Waals surface area contributed by atoms with Crippen LogP contribution in [0.15, 0.2) is 60.0 Å². The lowest BCUT2D eigenvalue weighted by Gasteiger charge is -2.35. The minimum Gasteiger partial charge on any atom is -0.463 e. The zero-order valence-electron chi connectivity index (χ0n) is 28.6. The maximum absolute atomic E-state index is 15.8. The van der Waals surface area contributed by atoms with Gasteiger partial charge >= 0.3 is 5.97 Å². The minimum atomic E-state index is -2.99. The molecule has 2 aliphatic rings. The average molecular weight is 729 g/mol. The summed E-state index contributed by atoms with van der Waals surface area (Å²) in [5.41, 5.74) is 3.99. The Kier molecular flexibility index (Phi) is 9.23. The number of ether oxygens (including phenoxy) is 1. The van der Waals surface area contributed by atoms with Gasteiger partial charge in [0.2, 0.25) is 0 Å². The Labute approximate surface area is 296 Å². The molecule has 270 valence electrons. The van der Waals surface area contributed by atoms with Crippen LogP contribution in [0.3, 0.4) is 0 Å². The van der Waals surface area contributed by atoms with E-state index >= 15 is 4.39 Å². The van der Waals surface area contributed by atoms with Gasteiger partial charge in [-0.2, -0.15) is 10.2 Å². The van der Waals surface area contributed by atoms with Gasteiger partial charge in [-0.1, -0.05) is 44.5 Å². The van der Waals surface area contributed by atoms with Crippen molar-refractivity contribution in [2.24, 2.45) is 29.1 Å². The lowest BCUT2D eigenvalue weighted by Crippen LogP contribution is -2.47. The van der Waals surface area contributed by atoms with Gasteiger partial charge in [0, 0.05) is 24.7 Å². The summed E-state index contributed by atoms with van der Waals surface area (Å²) in [6, 6.07) is 9.21. The highest BCUT2D eigenvalue weighted by Crippen LogP contribution is 2.49. The Balaban J connectivity index is 1.42. The monoisotopic (exact) mass is 728 g/mol. The number of rotatable bonds is 11. The summed E-state index contributed by atoms with van der Waals surface area (Å²) >= 11 is 6.45. The summed E-state index contributed by atoms with van der Waals surface area (Å²) in [6.07, 6.45) is -0.224. The Morgan fingerprint density at radius 2 is 1.90 bits per heavy atom. The molecule has 1 aliphatic carbocycles. The molecule has 2 aromatic carbocycles. The number of aryl methyl sites for hydroxylation is 1. The molecular formula is C35H37ClF4N8O3. The molecule has 11 nitrogen and oxygen atoms in total. The number of amides is 1. The van der Waals surface area contributed by atoms with E-state index in [2.05, 4.69) is 15.2 Å². The molecule has 3 heterocycles. The van der Waals surface area contributed by atoms with Crippen LogP contribution in [0.5, 0.6) is 0 Å². The van der Waals surface area contributed by atoms with Gasteiger partial charge in [0.05, 0.1) is 28.9 Å². The van der Waals surface area contributed by atoms with Crippen molar-refractivity contribution in [2.75, 3.05) is 6.61 Å². The maximum atomic E-state index is 15.8. The second-order valence-corrected chi connectivity index (χ2v) is 14.8. The number of halogens is 5. The minimum absolute atomic E-state index is 0.0137. The van der Waals surface area contributed by atoms with Crippen molar-refractivity contribution >= 4 is 29.4 Å². The number of esters is 1. The molecule has 16 heteroatoms. The van der Waals surface area contributed by atoms with Crippen molar-refractivity contribution in [1.82, 2.24) is 29.4 Å². The Hall–Kier alpha value is -4.79. The lowest BCUT2D eigenvalue weighted by molar-refractivity contribution is -0.148. The van der Waals surface area contributed by atoms with E-state index in [1.807, 2.05) is 20.8 Å². The Morgan fingerprint density at radius 3 is 2.51 bits per heavy atom. The van der Waals surface area contributed by atoms with Crippen molar-refractivity contribution < 1.29 is 31.9 Å². The van der Waals surface area contributed by atoms with Gasteiger partial charge in [-0.3, -0.25) is 19.2 Å². The number of nitrogens with two attached hydrogens (primary N) is 1. The van der Waals surface area contributed by atoms with Gasteiger partial charge in [0.1, 0.15) is 24.4 Å². The van der Waals surface area contributed by atoms with Crippen molar-refractivity contribution in [3.63, 3.8) is 0 Å². The van der Waals surface area contributed by atoms with E-state index in [1.54, 1.807) is 30.1 Å². The standard InChI is InChI=1S/C35H37ClF4N8O3/c1-33(2,3)17-35(20-7-8-22(24(37)13-20)25-10-11-46(5)45-25)31(50)47(32(41)44-35)27(16-51-28(49)14-21-15-34(21,4)40)19-6-9-23(36)26(12-19)48-30(29(38)39)42-18-43-48/h6-13,18,21,27,29H,14-17H2,1-5H3,(H2,41,44)/t21-,27+,34?,35+/m0/s1. The molecule has 2 N–H and O–H groups in total. The highest BCUT2D eigenvalue weighted by Gasteiger charge is 2.54. The van der Waals surface area contributed by atoms with Gasteiger partial charge in [0.15, 0.2) is 17.3 Å². The Bertz CT molecular complexity index is 2020. The molecule has 4 aromatic rings. The third-order valence-electron chi connectivity index (χ3n) is 9.16. The van der Waals surface area contributed by atoms with Crippen LogP contribution >= 0.6 is 11.6 Å². The topological polar surface area (TPSA) is 134 Å². The van der Waals surface area contributed by atoms with Gasteiger partial charge in [-0.05, 0) is 66.6 Å². The summed E-state index contributed by atoms with van der Waals surface area (Å²) in [6.45, 7) is 6.63. The zero-order chi connectivity index (χ0) is 37.0. The predicted molar refractivity (Wildman–Crippen MR) is 180 cm³/mol. The van der Waals surface area contributed by atoms with Crippen LogP contribution in [0.4, 0.5) is 17.6 Å². The summed E-state index contributed by atoms with van der Waals surface area (Å²) < 4.78 is 65.8. The molecule has 0 radical (unpaired) electrons. The fraction of sp³-hybridized carbons (Fsp3) is 0.429. The van der Waals surface area contributed by atoms with E-state index in [9.17, 15) is 22.8 Å². The van der Waals surface area contributed by atoms with Crippen molar-refractivity contribution in [3.05, 3.63) is 82.8 Å². The first-order chi connectivity index (χ1) is 23.9. The fourth-order valence-electron chi connectivity index (χ4n) is 6.56. The molecular weight excluding hydrogens is 692 g/mol. The first kappa shape index (κ1) is 36.0. The quantitative estimate of drug-likeness (QED) is 0.136. The van der Waals surface area contributed by atoms with E-state index in [0.29, 0.717) is 5.69 Å². The predicted octanol–water partition coefficient (Wildman–Crippen LogP) is 6.61. The van der Waals surface area contributed by atoms with E-state index in [0.717, 1.165) is 15.9 Å². The average Bonchev–Trinajstić information content (AvgIpc) is 3.44. The maximum Gasteiger partial charge on any atom is 0.306 e. The van der Waals surface area contributed by atoms with Crippen LogP contribution < -0.4 is 5.73 Å². The molecule has 6 rings (SSSR count). The highest BCUT2D eigenvalue weighted by atomic mass is 35.5. The molecule has 2 aromatic heterocycles. The van der Waals surface area contributed by atoms with E-state index < -0.39 is 65.1 Å². The first-order valence-electron chi connectivity index (χ1n) is 16.2. The third kappa shape index (κ3) is 7.08. The summed E-state index contributed by atoms with van der Waals surface area (Å²) in [7, 11) is 1.71. The summed E-state index contributed by atoms with van der Waals surface area (Å²) in [5.74, 6) is -3.39. The first-order valence-corrected chi connectivity index (χ1v) is 16.6. The number of hydrogen-bond acceptors (Lipinski definition) is 8. The number of alkyl halides is 3. The molecule has 0 bridgehead atoms. The Morgan fingerprint density at radius 1 is 1.18 bits per heavy atom. The van der Waals surface area contributed by atoms with Crippen LogP contribution in [-0.4, -0.2) is 59.6 Å². The number of benzene rings is 2. The summed E-state index contributed by atoms with van der Waals surface area (Å²) in [4.78, 5) is 37.3. The van der Waals surface area contributed by atoms with Crippen molar-refractivity contribution in [1.29, 1.82) is 0 Å². The number of nitrogens with zero attached hydrogens (tertiary/aromatic N) is 7. The van der Waals surface area contributed by atoms with Crippen LogP contribution in [0.1, 0.15) is 76.4 Å². The smallest absolute Gasteiger partial charge is 0.306 e.